The highest BCUT2D eigenvalue weighted by molar-refractivity contribution is 4.98. The summed E-state index contributed by atoms with van der Waals surface area (Å²) in [4.78, 5) is 4.14. The average molecular weight is 239 g/mol. The van der Waals surface area contributed by atoms with Crippen LogP contribution in [0.5, 0.6) is 0 Å². The van der Waals surface area contributed by atoms with E-state index in [2.05, 4.69) is 35.6 Å². The molecule has 1 aromatic heterocycles. The van der Waals surface area contributed by atoms with Crippen LogP contribution in [0.1, 0.15) is 39.3 Å². The summed E-state index contributed by atoms with van der Waals surface area (Å²) in [5.41, 5.74) is 1.23. The molecule has 0 unspecified atom stereocenters. The molecule has 17 heavy (non-hydrogen) atoms. The molecule has 0 aromatic carbocycles. The fourth-order valence-electron chi connectivity index (χ4n) is 2.02. The smallest absolute Gasteiger partial charge is 0.0948 e. The Kier molecular flexibility index (Phi) is 5.65. The molecule has 4 nitrogen and oxygen atoms in total. The maximum Gasteiger partial charge on any atom is 0.0948 e. The number of nitrogens with zero attached hydrogens (tertiary/aromatic N) is 2. The van der Waals surface area contributed by atoms with E-state index in [9.17, 15) is 5.11 Å². The van der Waals surface area contributed by atoms with Crippen molar-refractivity contribution in [3.8, 4) is 0 Å². The zero-order chi connectivity index (χ0) is 12.7. The zero-order valence-electron chi connectivity index (χ0n) is 11.2. The Bertz CT molecular complexity index is 310. The molecule has 0 saturated heterocycles. The summed E-state index contributed by atoms with van der Waals surface area (Å²) in [5.74, 6) is 0. The molecule has 0 aliphatic carbocycles. The number of aliphatic hydroxyl groups is 1. The van der Waals surface area contributed by atoms with Gasteiger partial charge < -0.3 is 15.0 Å². The van der Waals surface area contributed by atoms with E-state index < -0.39 is 0 Å². The van der Waals surface area contributed by atoms with Crippen molar-refractivity contribution in [3.05, 3.63) is 18.2 Å². The summed E-state index contributed by atoms with van der Waals surface area (Å²) in [7, 11) is 0. The van der Waals surface area contributed by atoms with Gasteiger partial charge in [-0.15, -0.1) is 0 Å². The quantitative estimate of drug-likeness (QED) is 0.727. The van der Waals surface area contributed by atoms with Gasteiger partial charge in [-0.1, -0.05) is 13.8 Å². The molecule has 1 rings (SSSR count). The van der Waals surface area contributed by atoms with Gasteiger partial charge in [-0.05, 0) is 19.8 Å². The number of hydrogen-bond donors (Lipinski definition) is 2. The fourth-order valence-corrected chi connectivity index (χ4v) is 2.02. The van der Waals surface area contributed by atoms with Gasteiger partial charge in [0.2, 0.25) is 0 Å². The Morgan fingerprint density at radius 3 is 2.59 bits per heavy atom. The first-order chi connectivity index (χ1) is 8.21. The Labute approximate surface area is 104 Å². The third-order valence-corrected chi connectivity index (χ3v) is 3.78. The molecule has 2 N–H and O–H groups in total. The predicted octanol–water partition coefficient (Wildman–Crippen LogP) is 1.79. The first-order valence-electron chi connectivity index (χ1n) is 6.52. The molecule has 4 heteroatoms. The van der Waals surface area contributed by atoms with Crippen LogP contribution in [0, 0.1) is 5.41 Å². The van der Waals surface area contributed by atoms with Gasteiger partial charge >= 0.3 is 0 Å². The zero-order valence-corrected chi connectivity index (χ0v) is 11.2. The van der Waals surface area contributed by atoms with Crippen LogP contribution >= 0.6 is 0 Å². The van der Waals surface area contributed by atoms with E-state index in [0.29, 0.717) is 0 Å². The van der Waals surface area contributed by atoms with Crippen LogP contribution < -0.4 is 5.32 Å². The Morgan fingerprint density at radius 2 is 2.06 bits per heavy atom. The monoisotopic (exact) mass is 239 g/mol. The van der Waals surface area contributed by atoms with Crippen LogP contribution in [0.15, 0.2) is 12.5 Å². The summed E-state index contributed by atoms with van der Waals surface area (Å²) in [6, 6.07) is 0. The molecule has 0 bridgehead atoms. The van der Waals surface area contributed by atoms with Gasteiger partial charge in [0.05, 0.1) is 12.0 Å². The lowest BCUT2D eigenvalue weighted by molar-refractivity contribution is 0.113. The van der Waals surface area contributed by atoms with Crippen molar-refractivity contribution in [3.63, 3.8) is 0 Å². The van der Waals surface area contributed by atoms with Gasteiger partial charge in [0.1, 0.15) is 0 Å². The highest BCUT2D eigenvalue weighted by atomic mass is 16.3. The van der Waals surface area contributed by atoms with Crippen molar-refractivity contribution in [2.45, 2.75) is 46.7 Å². The number of imidazole rings is 1. The predicted molar refractivity (Wildman–Crippen MR) is 69.7 cm³/mol. The third kappa shape index (κ3) is 3.54. The van der Waals surface area contributed by atoms with Crippen molar-refractivity contribution >= 4 is 0 Å². The average Bonchev–Trinajstić information content (AvgIpc) is 2.83. The first kappa shape index (κ1) is 14.2. The van der Waals surface area contributed by atoms with E-state index in [1.807, 2.05) is 12.5 Å². The van der Waals surface area contributed by atoms with Gasteiger partial charge in [0.15, 0.2) is 0 Å². The number of rotatable bonds is 8. The fraction of sp³-hybridized carbons (Fsp3) is 0.769. The molecule has 1 heterocycles. The van der Waals surface area contributed by atoms with E-state index in [-0.39, 0.29) is 12.0 Å². The Morgan fingerprint density at radius 1 is 1.35 bits per heavy atom. The highest BCUT2D eigenvalue weighted by Crippen LogP contribution is 2.24. The van der Waals surface area contributed by atoms with Crippen LogP contribution in [0.25, 0.3) is 0 Å². The van der Waals surface area contributed by atoms with Crippen molar-refractivity contribution in [2.75, 3.05) is 13.2 Å². The number of hydrogen-bond acceptors (Lipinski definition) is 3. The Hall–Kier alpha value is -0.870. The third-order valence-electron chi connectivity index (χ3n) is 3.78. The minimum Gasteiger partial charge on any atom is -0.396 e. The molecular formula is C13H25N3O. The van der Waals surface area contributed by atoms with E-state index in [4.69, 9.17) is 0 Å². The molecule has 0 radical (unpaired) electrons. The van der Waals surface area contributed by atoms with Crippen LogP contribution in [0.2, 0.25) is 0 Å². The second-order valence-electron chi connectivity index (χ2n) is 4.64. The van der Waals surface area contributed by atoms with E-state index >= 15 is 0 Å². The van der Waals surface area contributed by atoms with Gasteiger partial charge in [-0.3, -0.25) is 0 Å². The topological polar surface area (TPSA) is 50.1 Å². The molecule has 0 aliphatic rings. The lowest BCUT2D eigenvalue weighted by atomic mass is 9.83. The maximum atomic E-state index is 9.48. The lowest BCUT2D eigenvalue weighted by Gasteiger charge is -2.29. The van der Waals surface area contributed by atoms with Gasteiger partial charge in [-0.25, -0.2) is 4.98 Å². The Balaban J connectivity index is 2.46. The largest absolute Gasteiger partial charge is 0.396 e. The van der Waals surface area contributed by atoms with Crippen molar-refractivity contribution in [1.82, 2.24) is 14.9 Å². The van der Waals surface area contributed by atoms with Gasteiger partial charge in [-0.2, -0.15) is 0 Å². The minimum atomic E-state index is 0.0249. The molecule has 98 valence electrons. The number of aliphatic hydroxyl groups excluding tert-OH is 1. The summed E-state index contributed by atoms with van der Waals surface area (Å²) < 4.78 is 2.13. The van der Waals surface area contributed by atoms with E-state index in [1.54, 1.807) is 0 Å². The van der Waals surface area contributed by atoms with E-state index in [1.165, 1.54) is 5.69 Å². The molecule has 0 spiro atoms. The minimum absolute atomic E-state index is 0.0249. The van der Waals surface area contributed by atoms with Gasteiger partial charge in [0, 0.05) is 37.9 Å². The summed E-state index contributed by atoms with van der Waals surface area (Å²) >= 11 is 0. The number of aromatic nitrogens is 2. The molecule has 0 aliphatic heterocycles. The number of nitrogens with one attached hydrogen (secondary N) is 1. The lowest BCUT2D eigenvalue weighted by Crippen LogP contribution is -2.36. The first-order valence-corrected chi connectivity index (χ1v) is 6.52. The second kappa shape index (κ2) is 6.77. The molecule has 0 amide bonds. The SMILES string of the molecule is CCn1cncc1CNCC(CC)(CC)CO. The summed E-state index contributed by atoms with van der Waals surface area (Å²) in [6.07, 6.45) is 5.76. The highest BCUT2D eigenvalue weighted by Gasteiger charge is 2.24. The van der Waals surface area contributed by atoms with Crippen molar-refractivity contribution in [1.29, 1.82) is 0 Å². The normalized spacial score (nSPS) is 12.0. The van der Waals surface area contributed by atoms with Crippen LogP contribution in [0.3, 0.4) is 0 Å². The van der Waals surface area contributed by atoms with Crippen LogP contribution in [0.4, 0.5) is 0 Å². The maximum absolute atomic E-state index is 9.48. The van der Waals surface area contributed by atoms with Gasteiger partial charge in [0.25, 0.3) is 0 Å². The molecular weight excluding hydrogens is 214 g/mol. The van der Waals surface area contributed by atoms with Crippen molar-refractivity contribution < 1.29 is 5.11 Å². The molecule has 0 saturated carbocycles. The molecule has 1 aromatic rings. The van der Waals surface area contributed by atoms with Crippen LogP contribution in [-0.2, 0) is 13.1 Å². The molecule has 0 atom stereocenters. The summed E-state index contributed by atoms with van der Waals surface area (Å²) in [6.45, 7) is 9.25. The van der Waals surface area contributed by atoms with Crippen LogP contribution in [-0.4, -0.2) is 27.8 Å². The number of aryl methyl sites for hydroxylation is 1. The standard InChI is InChI=1S/C13H25N3O/c1-4-13(5-2,10-17)9-14-7-12-8-15-11-16(12)6-3/h8,11,14,17H,4-7,9-10H2,1-3H3. The van der Waals surface area contributed by atoms with E-state index in [0.717, 1.165) is 32.5 Å². The molecule has 0 fully saturated rings. The van der Waals surface area contributed by atoms with Crippen molar-refractivity contribution in [2.24, 2.45) is 5.41 Å². The summed E-state index contributed by atoms with van der Waals surface area (Å²) in [5, 5.41) is 12.9. The second-order valence-corrected chi connectivity index (χ2v) is 4.64.